The number of aliphatic imine (C=N–C) groups is 2. The first-order valence-electron chi connectivity index (χ1n) is 3.45. The van der Waals surface area contributed by atoms with Gasteiger partial charge in [0.15, 0.2) is 5.66 Å². The van der Waals surface area contributed by atoms with Crippen molar-refractivity contribution in [3.8, 4) is 0 Å². The summed E-state index contributed by atoms with van der Waals surface area (Å²) in [5.41, 5.74) is 0.361. The highest BCUT2D eigenvalue weighted by Gasteiger charge is 2.27. The Morgan fingerprint density at radius 1 is 1.70 bits per heavy atom. The molecule has 0 aromatic carbocycles. The van der Waals surface area contributed by atoms with Crippen LogP contribution in [0.1, 0.15) is 20.3 Å². The Kier molecular flexibility index (Phi) is 1.85. The minimum Gasteiger partial charge on any atom is -0.392 e. The Morgan fingerprint density at radius 2 is 2.40 bits per heavy atom. The zero-order valence-corrected chi connectivity index (χ0v) is 6.33. The summed E-state index contributed by atoms with van der Waals surface area (Å²) in [6, 6.07) is 0. The molecule has 1 heterocycles. The summed E-state index contributed by atoms with van der Waals surface area (Å²) in [5.74, 6) is 0. The van der Waals surface area contributed by atoms with E-state index in [1.165, 1.54) is 0 Å². The number of rotatable bonds is 2. The second-order valence-electron chi connectivity index (χ2n) is 2.51. The van der Waals surface area contributed by atoms with E-state index >= 15 is 0 Å². The molecule has 1 atom stereocenters. The predicted molar refractivity (Wildman–Crippen MR) is 41.7 cm³/mol. The molecule has 0 bridgehead atoms. The van der Waals surface area contributed by atoms with E-state index in [4.69, 9.17) is 5.11 Å². The van der Waals surface area contributed by atoms with Crippen LogP contribution in [0.5, 0.6) is 0 Å². The van der Waals surface area contributed by atoms with Gasteiger partial charge in [0.05, 0.1) is 12.3 Å². The van der Waals surface area contributed by atoms with Crippen molar-refractivity contribution in [2.75, 3.05) is 6.61 Å². The van der Waals surface area contributed by atoms with Crippen LogP contribution in [0.4, 0.5) is 0 Å². The fourth-order valence-corrected chi connectivity index (χ4v) is 0.958. The van der Waals surface area contributed by atoms with Crippen molar-refractivity contribution >= 4 is 11.9 Å². The van der Waals surface area contributed by atoms with Gasteiger partial charge in [-0.15, -0.1) is 0 Å². The van der Waals surface area contributed by atoms with E-state index in [1.807, 2.05) is 13.8 Å². The van der Waals surface area contributed by atoms with Gasteiger partial charge in [-0.2, -0.15) is 0 Å². The van der Waals surface area contributed by atoms with Crippen molar-refractivity contribution in [3.63, 3.8) is 0 Å². The second kappa shape index (κ2) is 2.50. The molecule has 1 rings (SSSR count). The number of aliphatic hydroxyl groups is 1. The van der Waals surface area contributed by atoms with Gasteiger partial charge in [-0.3, -0.25) is 9.98 Å². The molecule has 10 heavy (non-hydrogen) atoms. The maximum Gasteiger partial charge on any atom is 0.172 e. The van der Waals surface area contributed by atoms with Crippen LogP contribution in [-0.2, 0) is 0 Å². The fourth-order valence-electron chi connectivity index (χ4n) is 0.958. The molecule has 0 amide bonds. The van der Waals surface area contributed by atoms with Crippen molar-refractivity contribution in [1.82, 2.24) is 0 Å². The summed E-state index contributed by atoms with van der Waals surface area (Å²) in [7, 11) is 0. The lowest BCUT2D eigenvalue weighted by atomic mass is 10.1. The predicted octanol–water partition coefficient (Wildman–Crippen LogP) is 0.630. The summed E-state index contributed by atoms with van der Waals surface area (Å²) in [6.07, 6.45) is 2.47. The zero-order chi connectivity index (χ0) is 7.61. The van der Waals surface area contributed by atoms with Crippen LogP contribution >= 0.6 is 0 Å². The standard InChI is InChI=1S/C7H12N2O/c1-3-7(5-10)8-4-6(2)9-7/h4,10H,3,5H2,1-2H3. The first kappa shape index (κ1) is 7.41. The van der Waals surface area contributed by atoms with Crippen LogP contribution in [-0.4, -0.2) is 29.3 Å². The monoisotopic (exact) mass is 140 g/mol. The van der Waals surface area contributed by atoms with E-state index in [0.717, 1.165) is 12.1 Å². The van der Waals surface area contributed by atoms with E-state index in [2.05, 4.69) is 9.98 Å². The third-order valence-electron chi connectivity index (χ3n) is 1.70. The van der Waals surface area contributed by atoms with E-state index in [9.17, 15) is 0 Å². The molecule has 1 aliphatic heterocycles. The summed E-state index contributed by atoms with van der Waals surface area (Å²) < 4.78 is 0. The summed E-state index contributed by atoms with van der Waals surface area (Å²) in [6.45, 7) is 3.86. The lowest BCUT2D eigenvalue weighted by Crippen LogP contribution is -2.25. The van der Waals surface area contributed by atoms with Crippen LogP contribution in [0.2, 0.25) is 0 Å². The van der Waals surface area contributed by atoms with Gasteiger partial charge in [0.25, 0.3) is 0 Å². The molecule has 0 aromatic heterocycles. The topological polar surface area (TPSA) is 45.0 Å². The van der Waals surface area contributed by atoms with E-state index < -0.39 is 5.66 Å². The van der Waals surface area contributed by atoms with Gasteiger partial charge in [-0.05, 0) is 13.3 Å². The molecule has 0 aliphatic carbocycles. The largest absolute Gasteiger partial charge is 0.392 e. The highest BCUT2D eigenvalue weighted by atomic mass is 16.3. The average molecular weight is 140 g/mol. The van der Waals surface area contributed by atoms with Crippen LogP contribution in [0.15, 0.2) is 9.98 Å². The molecule has 0 fully saturated rings. The molecule has 0 aromatic rings. The van der Waals surface area contributed by atoms with Gasteiger partial charge in [0, 0.05) is 6.21 Å². The van der Waals surface area contributed by atoms with Gasteiger partial charge in [0.1, 0.15) is 0 Å². The van der Waals surface area contributed by atoms with Gasteiger partial charge in [0.2, 0.25) is 0 Å². The van der Waals surface area contributed by atoms with E-state index in [0.29, 0.717) is 0 Å². The van der Waals surface area contributed by atoms with Crippen molar-refractivity contribution in [3.05, 3.63) is 0 Å². The first-order chi connectivity index (χ1) is 4.72. The second-order valence-corrected chi connectivity index (χ2v) is 2.51. The molecule has 0 saturated heterocycles. The quantitative estimate of drug-likeness (QED) is 0.600. The van der Waals surface area contributed by atoms with Crippen molar-refractivity contribution < 1.29 is 5.11 Å². The molecule has 3 heteroatoms. The maximum atomic E-state index is 8.91. The van der Waals surface area contributed by atoms with E-state index in [-0.39, 0.29) is 6.61 Å². The molecule has 1 unspecified atom stereocenters. The van der Waals surface area contributed by atoms with Crippen LogP contribution in [0, 0.1) is 0 Å². The molecule has 1 N–H and O–H groups in total. The van der Waals surface area contributed by atoms with Crippen molar-refractivity contribution in [2.24, 2.45) is 9.98 Å². The van der Waals surface area contributed by atoms with Gasteiger partial charge in [-0.1, -0.05) is 6.92 Å². The normalized spacial score (nSPS) is 30.9. The third kappa shape index (κ3) is 1.09. The summed E-state index contributed by atoms with van der Waals surface area (Å²) >= 11 is 0. The summed E-state index contributed by atoms with van der Waals surface area (Å²) in [4.78, 5) is 8.31. The number of hydrogen-bond acceptors (Lipinski definition) is 3. The highest BCUT2D eigenvalue weighted by molar-refractivity contribution is 6.30. The third-order valence-corrected chi connectivity index (χ3v) is 1.70. The first-order valence-corrected chi connectivity index (χ1v) is 3.45. The zero-order valence-electron chi connectivity index (χ0n) is 6.33. The Hall–Kier alpha value is -0.700. The van der Waals surface area contributed by atoms with Crippen LogP contribution in [0.3, 0.4) is 0 Å². The van der Waals surface area contributed by atoms with Crippen LogP contribution < -0.4 is 0 Å². The lowest BCUT2D eigenvalue weighted by molar-refractivity contribution is 0.202. The molecule has 0 radical (unpaired) electrons. The molecule has 0 saturated carbocycles. The maximum absolute atomic E-state index is 8.91. The van der Waals surface area contributed by atoms with Crippen LogP contribution in [0.25, 0.3) is 0 Å². The molecule has 0 spiro atoms. The molecule has 3 nitrogen and oxygen atoms in total. The molecular weight excluding hydrogens is 128 g/mol. The minimum atomic E-state index is -0.538. The van der Waals surface area contributed by atoms with Gasteiger partial charge in [-0.25, -0.2) is 0 Å². The van der Waals surface area contributed by atoms with Gasteiger partial charge < -0.3 is 5.11 Å². The van der Waals surface area contributed by atoms with Gasteiger partial charge >= 0.3 is 0 Å². The number of aliphatic hydroxyl groups excluding tert-OH is 1. The van der Waals surface area contributed by atoms with Crippen molar-refractivity contribution in [2.45, 2.75) is 25.9 Å². The van der Waals surface area contributed by atoms with E-state index in [1.54, 1.807) is 6.21 Å². The Balaban J connectivity index is 2.80. The smallest absolute Gasteiger partial charge is 0.172 e. The molecule has 56 valence electrons. The lowest BCUT2D eigenvalue weighted by Gasteiger charge is -2.16. The Bertz CT molecular complexity index is 180. The fraction of sp³-hybridized carbons (Fsp3) is 0.714. The SMILES string of the molecule is CCC1(CO)N=CC(C)=N1. The van der Waals surface area contributed by atoms with Crippen molar-refractivity contribution in [1.29, 1.82) is 0 Å². The average Bonchev–Trinajstić information content (AvgIpc) is 2.33. The number of nitrogens with zero attached hydrogens (tertiary/aromatic N) is 2. The summed E-state index contributed by atoms with van der Waals surface area (Å²) in [5, 5.41) is 8.91. The Labute approximate surface area is 60.5 Å². The minimum absolute atomic E-state index is 0.0112. The highest BCUT2D eigenvalue weighted by Crippen LogP contribution is 2.20. The Morgan fingerprint density at radius 3 is 2.60 bits per heavy atom. The molecule has 1 aliphatic rings. The number of hydrogen-bond donors (Lipinski definition) is 1. The molecular formula is C7H12N2O.